The summed E-state index contributed by atoms with van der Waals surface area (Å²) in [4.78, 5) is 12.1. The summed E-state index contributed by atoms with van der Waals surface area (Å²) in [6.07, 6.45) is 0. The highest BCUT2D eigenvalue weighted by atomic mass is 16.1. The highest BCUT2D eigenvalue weighted by Crippen LogP contribution is 2.11. The lowest BCUT2D eigenvalue weighted by Crippen LogP contribution is -2.48. The molecule has 0 amide bonds. The predicted molar refractivity (Wildman–Crippen MR) is 75.7 cm³/mol. The summed E-state index contributed by atoms with van der Waals surface area (Å²) < 4.78 is 1.26. The van der Waals surface area contributed by atoms with Gasteiger partial charge in [0, 0.05) is 12.6 Å². The van der Waals surface area contributed by atoms with Gasteiger partial charge in [-0.2, -0.15) is 4.68 Å². The zero-order valence-corrected chi connectivity index (χ0v) is 11.5. The van der Waals surface area contributed by atoms with Crippen LogP contribution in [0, 0.1) is 13.8 Å². The van der Waals surface area contributed by atoms with Gasteiger partial charge < -0.3 is 0 Å². The van der Waals surface area contributed by atoms with Crippen molar-refractivity contribution < 1.29 is 0 Å². The average Bonchev–Trinajstić information content (AvgIpc) is 2.44. The number of nitrogens with one attached hydrogen (secondary N) is 1. The molecule has 0 radical (unpaired) electrons. The Morgan fingerprint density at radius 3 is 2.50 bits per heavy atom. The number of nitrogens with zero attached hydrogens (tertiary/aromatic N) is 5. The topological polar surface area (TPSA) is 75.4 Å². The predicted octanol–water partition coefficient (Wildman–Crippen LogP) is 0.419. The van der Waals surface area contributed by atoms with Gasteiger partial charge in [-0.25, -0.2) is 0 Å². The molecule has 0 unspecified atom stereocenters. The first kappa shape index (κ1) is 12.3. The molecule has 1 aromatic carbocycles. The number of benzene rings is 1. The van der Waals surface area contributed by atoms with Crippen LogP contribution in [0.3, 0.4) is 0 Å². The summed E-state index contributed by atoms with van der Waals surface area (Å²) in [7, 11) is 1.76. The van der Waals surface area contributed by atoms with Crippen molar-refractivity contribution in [2.24, 2.45) is 5.10 Å². The van der Waals surface area contributed by atoms with E-state index in [4.69, 9.17) is 0 Å². The summed E-state index contributed by atoms with van der Waals surface area (Å²) in [5, 5.41) is 13.7. The molecular formula is C13H14N6O. The first-order valence-electron chi connectivity index (χ1n) is 6.19. The molecule has 2 aromatic rings. The molecule has 0 fully saturated rings. The van der Waals surface area contributed by atoms with Crippen molar-refractivity contribution in [3.63, 3.8) is 0 Å². The lowest BCUT2D eigenvalue weighted by Gasteiger charge is -2.26. The normalized spacial score (nSPS) is 13.6. The molecule has 1 aromatic heterocycles. The van der Waals surface area contributed by atoms with Crippen molar-refractivity contribution in [2.45, 2.75) is 13.8 Å². The van der Waals surface area contributed by atoms with Gasteiger partial charge in [0.2, 0.25) is 0 Å². The van der Waals surface area contributed by atoms with E-state index < -0.39 is 0 Å². The standard InChI is InChI=1S/C13H14N6O/c1-8-4-6-10(7-5-8)11-16-18(3)13-15-14-9(2)12(20)19(13)17-11/h4-7H,1-3H3,(H,16,17). The minimum Gasteiger partial charge on any atom is -0.277 e. The summed E-state index contributed by atoms with van der Waals surface area (Å²) in [5.74, 6) is 0.950. The fraction of sp³-hybridized carbons (Fsp3) is 0.231. The third-order valence-electron chi connectivity index (χ3n) is 3.08. The van der Waals surface area contributed by atoms with Crippen LogP contribution < -0.4 is 16.0 Å². The Hall–Kier alpha value is -2.70. The fourth-order valence-corrected chi connectivity index (χ4v) is 1.91. The molecule has 1 aliphatic heterocycles. The van der Waals surface area contributed by atoms with E-state index in [1.807, 2.05) is 31.2 Å². The molecule has 7 heteroatoms. The van der Waals surface area contributed by atoms with Crippen LogP contribution in [0.25, 0.3) is 0 Å². The molecule has 0 aliphatic carbocycles. The maximum atomic E-state index is 12.1. The van der Waals surface area contributed by atoms with E-state index in [1.165, 1.54) is 4.68 Å². The summed E-state index contributed by atoms with van der Waals surface area (Å²) >= 11 is 0. The number of fused-ring (bicyclic) bond motifs is 1. The van der Waals surface area contributed by atoms with E-state index in [0.717, 1.165) is 11.1 Å². The van der Waals surface area contributed by atoms with Crippen molar-refractivity contribution in [3.8, 4) is 0 Å². The minimum atomic E-state index is -0.270. The maximum absolute atomic E-state index is 12.1. The van der Waals surface area contributed by atoms with Crippen molar-refractivity contribution in [1.82, 2.24) is 20.3 Å². The van der Waals surface area contributed by atoms with Gasteiger partial charge in [-0.1, -0.05) is 29.8 Å². The van der Waals surface area contributed by atoms with Crippen LogP contribution in [0.15, 0.2) is 34.2 Å². The van der Waals surface area contributed by atoms with Crippen LogP contribution in [0.5, 0.6) is 0 Å². The van der Waals surface area contributed by atoms with Crippen LogP contribution in [-0.2, 0) is 0 Å². The number of aromatic nitrogens is 3. The molecule has 7 nitrogen and oxygen atoms in total. The number of amidine groups is 1. The van der Waals surface area contributed by atoms with Crippen molar-refractivity contribution >= 4 is 11.8 Å². The van der Waals surface area contributed by atoms with Crippen LogP contribution >= 0.6 is 0 Å². The van der Waals surface area contributed by atoms with E-state index in [0.29, 0.717) is 17.5 Å². The smallest absolute Gasteiger partial charge is 0.277 e. The van der Waals surface area contributed by atoms with Crippen molar-refractivity contribution in [1.29, 1.82) is 0 Å². The quantitative estimate of drug-likeness (QED) is 0.812. The van der Waals surface area contributed by atoms with Gasteiger partial charge >= 0.3 is 0 Å². The Morgan fingerprint density at radius 2 is 1.80 bits per heavy atom. The zero-order chi connectivity index (χ0) is 14.3. The minimum absolute atomic E-state index is 0.270. The first-order valence-corrected chi connectivity index (χ1v) is 6.19. The van der Waals surface area contributed by atoms with E-state index in [-0.39, 0.29) is 5.56 Å². The number of anilines is 1. The summed E-state index contributed by atoms with van der Waals surface area (Å²) in [5.41, 5.74) is 5.18. The molecule has 20 heavy (non-hydrogen) atoms. The molecule has 2 heterocycles. The Bertz CT molecular complexity index is 746. The van der Waals surface area contributed by atoms with E-state index in [9.17, 15) is 4.79 Å². The zero-order valence-electron chi connectivity index (χ0n) is 11.5. The number of hydrazine groups is 1. The molecule has 1 aliphatic rings. The highest BCUT2D eigenvalue weighted by molar-refractivity contribution is 6.00. The van der Waals surface area contributed by atoms with Gasteiger partial charge in [-0.15, -0.1) is 15.3 Å². The molecule has 102 valence electrons. The number of hydrogen-bond donors (Lipinski definition) is 1. The van der Waals surface area contributed by atoms with E-state index in [1.54, 1.807) is 19.0 Å². The summed E-state index contributed by atoms with van der Waals surface area (Å²) in [6, 6.07) is 7.89. The van der Waals surface area contributed by atoms with Crippen molar-refractivity contribution in [2.75, 3.05) is 12.1 Å². The van der Waals surface area contributed by atoms with Gasteiger partial charge in [0.25, 0.3) is 11.5 Å². The highest BCUT2D eigenvalue weighted by Gasteiger charge is 2.20. The van der Waals surface area contributed by atoms with Crippen LogP contribution in [0.1, 0.15) is 16.8 Å². The second-order valence-corrected chi connectivity index (χ2v) is 4.69. The van der Waals surface area contributed by atoms with Crippen LogP contribution in [0.4, 0.5) is 5.95 Å². The molecule has 0 saturated heterocycles. The lowest BCUT2D eigenvalue weighted by molar-refractivity contribution is 0.649. The van der Waals surface area contributed by atoms with Gasteiger partial charge in [-0.3, -0.25) is 15.2 Å². The van der Waals surface area contributed by atoms with E-state index in [2.05, 4.69) is 20.7 Å². The van der Waals surface area contributed by atoms with Gasteiger partial charge in [0.1, 0.15) is 5.69 Å². The molecule has 0 saturated carbocycles. The van der Waals surface area contributed by atoms with E-state index >= 15 is 0 Å². The summed E-state index contributed by atoms with van der Waals surface area (Å²) in [6.45, 7) is 3.64. The molecule has 0 bridgehead atoms. The maximum Gasteiger partial charge on any atom is 0.297 e. The Kier molecular flexibility index (Phi) is 2.74. The molecule has 0 spiro atoms. The average molecular weight is 270 g/mol. The Labute approximate surface area is 115 Å². The third-order valence-corrected chi connectivity index (χ3v) is 3.08. The van der Waals surface area contributed by atoms with Gasteiger partial charge in [0.15, 0.2) is 5.84 Å². The number of aryl methyl sites for hydroxylation is 2. The molecular weight excluding hydrogens is 256 g/mol. The second kappa shape index (κ2) is 4.44. The van der Waals surface area contributed by atoms with Gasteiger partial charge in [-0.05, 0) is 13.8 Å². The Balaban J connectivity index is 2.15. The number of rotatable bonds is 1. The second-order valence-electron chi connectivity index (χ2n) is 4.69. The Morgan fingerprint density at radius 1 is 1.10 bits per heavy atom. The first-order chi connectivity index (χ1) is 9.56. The fourth-order valence-electron chi connectivity index (χ4n) is 1.91. The SMILES string of the molecule is Cc1ccc(C2=Nn3c(nnc(C)c3=O)N(C)N2)cc1. The van der Waals surface area contributed by atoms with Gasteiger partial charge in [0.05, 0.1) is 0 Å². The molecule has 0 atom stereocenters. The largest absolute Gasteiger partial charge is 0.297 e. The molecule has 1 N–H and O–H groups in total. The lowest BCUT2D eigenvalue weighted by atomic mass is 10.1. The van der Waals surface area contributed by atoms with Crippen LogP contribution in [0.2, 0.25) is 0 Å². The van der Waals surface area contributed by atoms with Crippen LogP contribution in [-0.4, -0.2) is 27.8 Å². The van der Waals surface area contributed by atoms with Crippen molar-refractivity contribution in [3.05, 3.63) is 51.4 Å². The monoisotopic (exact) mass is 270 g/mol. The number of hydrogen-bond acceptors (Lipinski definition) is 6. The molecule has 3 rings (SSSR count). The third kappa shape index (κ3) is 1.93.